The van der Waals surface area contributed by atoms with Crippen LogP contribution in [0.15, 0.2) is 0 Å². The number of hydrogen-bond acceptors (Lipinski definition) is 4. The van der Waals surface area contributed by atoms with Crippen LogP contribution in [0.5, 0.6) is 0 Å². The van der Waals surface area contributed by atoms with Crippen LogP contribution in [0.2, 0.25) is 0 Å². The number of nitrogens with one attached hydrogen (secondary N) is 2. The third-order valence-corrected chi connectivity index (χ3v) is 3.35. The molecule has 0 bridgehead atoms. The van der Waals surface area contributed by atoms with Crippen molar-refractivity contribution in [2.45, 2.75) is 25.4 Å². The maximum Gasteiger partial charge on any atom is 0.222 e. The van der Waals surface area contributed by atoms with Crippen molar-refractivity contribution in [3.05, 3.63) is 0 Å². The summed E-state index contributed by atoms with van der Waals surface area (Å²) < 4.78 is 10.8. The first-order valence-electron chi connectivity index (χ1n) is 6.51. The predicted molar refractivity (Wildman–Crippen MR) is 63.8 cm³/mol. The minimum atomic E-state index is 0.0402. The molecule has 98 valence electrons. The number of morpholine rings is 1. The van der Waals surface area contributed by atoms with E-state index in [-0.39, 0.29) is 12.0 Å². The molecule has 2 aliphatic heterocycles. The Morgan fingerprint density at radius 3 is 2.82 bits per heavy atom. The second-order valence-electron chi connectivity index (χ2n) is 4.76. The zero-order valence-corrected chi connectivity index (χ0v) is 10.2. The van der Waals surface area contributed by atoms with Crippen molar-refractivity contribution < 1.29 is 14.3 Å². The third kappa shape index (κ3) is 4.61. The highest BCUT2D eigenvalue weighted by Crippen LogP contribution is 2.13. The fraction of sp³-hybridized carbons (Fsp3) is 0.917. The van der Waals surface area contributed by atoms with Gasteiger partial charge in [-0.05, 0) is 18.8 Å². The topological polar surface area (TPSA) is 59.6 Å². The summed E-state index contributed by atoms with van der Waals surface area (Å²) in [6.07, 6.45) is 2.62. The first-order valence-corrected chi connectivity index (χ1v) is 6.51. The number of hydrogen-bond donors (Lipinski definition) is 2. The molecule has 5 heteroatoms. The molecule has 1 unspecified atom stereocenters. The van der Waals surface area contributed by atoms with Gasteiger partial charge in [-0.2, -0.15) is 0 Å². The van der Waals surface area contributed by atoms with E-state index < -0.39 is 0 Å². The van der Waals surface area contributed by atoms with E-state index in [4.69, 9.17) is 9.47 Å². The maximum atomic E-state index is 11.7. The van der Waals surface area contributed by atoms with Gasteiger partial charge in [-0.1, -0.05) is 0 Å². The normalized spacial score (nSPS) is 26.7. The van der Waals surface area contributed by atoms with Gasteiger partial charge < -0.3 is 20.1 Å². The van der Waals surface area contributed by atoms with E-state index in [0.29, 0.717) is 18.9 Å². The summed E-state index contributed by atoms with van der Waals surface area (Å²) in [5.74, 6) is 0.684. The molecule has 0 radical (unpaired) electrons. The summed E-state index contributed by atoms with van der Waals surface area (Å²) in [7, 11) is 0. The van der Waals surface area contributed by atoms with Crippen LogP contribution in [0.25, 0.3) is 0 Å². The second-order valence-corrected chi connectivity index (χ2v) is 4.76. The highest BCUT2D eigenvalue weighted by atomic mass is 16.5. The lowest BCUT2D eigenvalue weighted by atomic mass is 10.0. The summed E-state index contributed by atoms with van der Waals surface area (Å²) in [6.45, 7) is 4.82. The second kappa shape index (κ2) is 6.93. The number of ether oxygens (including phenoxy) is 2. The van der Waals surface area contributed by atoms with Crippen LogP contribution in [0.4, 0.5) is 0 Å². The van der Waals surface area contributed by atoms with Gasteiger partial charge in [0.15, 0.2) is 0 Å². The van der Waals surface area contributed by atoms with E-state index in [1.807, 2.05) is 0 Å². The minimum Gasteiger partial charge on any atom is -0.381 e. The molecule has 0 aromatic heterocycles. The predicted octanol–water partition coefficient (Wildman–Crippen LogP) is -0.0923. The van der Waals surface area contributed by atoms with Crippen molar-refractivity contribution in [3.63, 3.8) is 0 Å². The monoisotopic (exact) mass is 242 g/mol. The van der Waals surface area contributed by atoms with Gasteiger partial charge in [-0.15, -0.1) is 0 Å². The van der Waals surface area contributed by atoms with E-state index in [1.165, 1.54) is 0 Å². The van der Waals surface area contributed by atoms with Crippen LogP contribution in [0.3, 0.4) is 0 Å². The largest absolute Gasteiger partial charge is 0.381 e. The zero-order valence-electron chi connectivity index (χ0n) is 10.2. The van der Waals surface area contributed by atoms with Gasteiger partial charge >= 0.3 is 0 Å². The summed E-state index contributed by atoms with van der Waals surface area (Å²) in [5.41, 5.74) is 0. The zero-order chi connectivity index (χ0) is 11.9. The molecule has 2 rings (SSSR count). The van der Waals surface area contributed by atoms with Crippen LogP contribution in [-0.2, 0) is 14.3 Å². The number of rotatable bonds is 4. The van der Waals surface area contributed by atoms with Crippen molar-refractivity contribution in [2.24, 2.45) is 5.92 Å². The van der Waals surface area contributed by atoms with Gasteiger partial charge in [0.25, 0.3) is 0 Å². The van der Waals surface area contributed by atoms with Gasteiger partial charge in [-0.3, -0.25) is 4.79 Å². The molecule has 0 saturated carbocycles. The lowest BCUT2D eigenvalue weighted by molar-refractivity contribution is -0.124. The Morgan fingerprint density at radius 2 is 2.12 bits per heavy atom. The molecule has 1 atom stereocenters. The Bertz CT molecular complexity index is 236. The van der Waals surface area contributed by atoms with E-state index in [1.54, 1.807) is 0 Å². The molecule has 2 aliphatic rings. The van der Waals surface area contributed by atoms with Crippen LogP contribution < -0.4 is 10.6 Å². The lowest BCUT2D eigenvalue weighted by Gasteiger charge is -2.25. The van der Waals surface area contributed by atoms with Gasteiger partial charge in [0, 0.05) is 32.8 Å². The van der Waals surface area contributed by atoms with E-state index in [9.17, 15) is 4.79 Å². The molecule has 17 heavy (non-hydrogen) atoms. The highest BCUT2D eigenvalue weighted by molar-refractivity contribution is 5.76. The Morgan fingerprint density at radius 1 is 1.29 bits per heavy atom. The maximum absolute atomic E-state index is 11.7. The molecule has 1 amide bonds. The van der Waals surface area contributed by atoms with Crippen LogP contribution >= 0.6 is 0 Å². The Hall–Kier alpha value is -0.650. The van der Waals surface area contributed by atoms with E-state index in [0.717, 1.165) is 45.7 Å². The molecule has 5 nitrogen and oxygen atoms in total. The Labute approximate surface area is 102 Å². The van der Waals surface area contributed by atoms with E-state index >= 15 is 0 Å². The molecule has 2 fully saturated rings. The molecular formula is C12H22N2O3. The van der Waals surface area contributed by atoms with Gasteiger partial charge in [0.2, 0.25) is 5.91 Å². The standard InChI is InChI=1S/C12H22N2O3/c15-12(7-11-9-13-3-6-17-11)14-8-10-1-4-16-5-2-10/h10-11,13H,1-9H2,(H,14,15). The number of carbonyl (C=O) groups excluding carboxylic acids is 1. The number of amides is 1. The van der Waals surface area contributed by atoms with Gasteiger partial charge in [0.05, 0.1) is 19.1 Å². The Kier molecular flexibility index (Phi) is 5.22. The summed E-state index contributed by atoms with van der Waals surface area (Å²) in [6, 6.07) is 0. The highest BCUT2D eigenvalue weighted by Gasteiger charge is 2.19. The van der Waals surface area contributed by atoms with Crippen molar-refractivity contribution in [1.29, 1.82) is 0 Å². The SMILES string of the molecule is O=C(CC1CNCCO1)NCC1CCOCC1. The number of carbonyl (C=O) groups is 1. The van der Waals surface area contributed by atoms with Crippen LogP contribution in [0, 0.1) is 5.92 Å². The average Bonchev–Trinajstić information content (AvgIpc) is 2.39. The fourth-order valence-corrected chi connectivity index (χ4v) is 2.24. The van der Waals surface area contributed by atoms with Gasteiger partial charge in [-0.25, -0.2) is 0 Å². The molecule has 0 spiro atoms. The van der Waals surface area contributed by atoms with E-state index in [2.05, 4.69) is 10.6 Å². The summed E-state index contributed by atoms with van der Waals surface area (Å²) in [5, 5.41) is 6.22. The molecule has 0 aromatic carbocycles. The summed E-state index contributed by atoms with van der Waals surface area (Å²) >= 11 is 0. The Balaban J connectivity index is 1.59. The molecule has 0 aliphatic carbocycles. The molecule has 2 N–H and O–H groups in total. The van der Waals surface area contributed by atoms with Crippen molar-refractivity contribution in [3.8, 4) is 0 Å². The first kappa shape index (κ1) is 12.8. The van der Waals surface area contributed by atoms with Crippen molar-refractivity contribution in [1.82, 2.24) is 10.6 Å². The fourth-order valence-electron chi connectivity index (χ4n) is 2.24. The molecule has 2 heterocycles. The average molecular weight is 242 g/mol. The smallest absolute Gasteiger partial charge is 0.222 e. The molecule has 0 aromatic rings. The van der Waals surface area contributed by atoms with Crippen molar-refractivity contribution >= 4 is 5.91 Å². The van der Waals surface area contributed by atoms with Crippen LogP contribution in [-0.4, -0.2) is 51.5 Å². The van der Waals surface area contributed by atoms with Gasteiger partial charge in [0.1, 0.15) is 0 Å². The minimum absolute atomic E-state index is 0.0402. The molecular weight excluding hydrogens is 220 g/mol. The van der Waals surface area contributed by atoms with Crippen LogP contribution in [0.1, 0.15) is 19.3 Å². The van der Waals surface area contributed by atoms with Crippen molar-refractivity contribution in [2.75, 3.05) is 39.5 Å². The molecule has 2 saturated heterocycles. The summed E-state index contributed by atoms with van der Waals surface area (Å²) in [4.78, 5) is 11.7. The quantitative estimate of drug-likeness (QED) is 0.723. The lowest BCUT2D eigenvalue weighted by Crippen LogP contribution is -2.42. The first-order chi connectivity index (χ1) is 8.34. The third-order valence-electron chi connectivity index (χ3n) is 3.35.